The summed E-state index contributed by atoms with van der Waals surface area (Å²) in [6, 6.07) is 8.25. The van der Waals surface area contributed by atoms with Gasteiger partial charge in [0.1, 0.15) is 0 Å². The van der Waals surface area contributed by atoms with Gasteiger partial charge in [-0.3, -0.25) is 4.79 Å². The van der Waals surface area contributed by atoms with Crippen molar-refractivity contribution in [1.29, 1.82) is 0 Å². The van der Waals surface area contributed by atoms with Crippen molar-refractivity contribution >= 4 is 17.5 Å². The maximum Gasteiger partial charge on any atom is 0.221 e. The molecule has 18 heavy (non-hydrogen) atoms. The molecule has 0 saturated heterocycles. The SMILES string of the molecule is C[C@@H](NC(=O)CCNC1CC1)c1ccc(Cl)cc1. The number of hydrogen-bond donors (Lipinski definition) is 2. The van der Waals surface area contributed by atoms with E-state index < -0.39 is 0 Å². The second kappa shape index (κ2) is 6.21. The fourth-order valence-corrected chi connectivity index (χ4v) is 1.95. The fraction of sp³-hybridized carbons (Fsp3) is 0.500. The average molecular weight is 267 g/mol. The van der Waals surface area contributed by atoms with Gasteiger partial charge in [0.2, 0.25) is 5.91 Å². The van der Waals surface area contributed by atoms with Crippen molar-refractivity contribution in [1.82, 2.24) is 10.6 Å². The summed E-state index contributed by atoms with van der Waals surface area (Å²) in [5.74, 6) is 0.0885. The number of nitrogens with one attached hydrogen (secondary N) is 2. The molecule has 0 aromatic heterocycles. The van der Waals surface area contributed by atoms with Crippen LogP contribution < -0.4 is 10.6 Å². The quantitative estimate of drug-likeness (QED) is 0.831. The number of amides is 1. The zero-order chi connectivity index (χ0) is 13.0. The number of carbonyl (C=O) groups is 1. The number of halogens is 1. The van der Waals surface area contributed by atoms with Crippen molar-refractivity contribution < 1.29 is 4.79 Å². The van der Waals surface area contributed by atoms with Crippen LogP contribution in [0.3, 0.4) is 0 Å². The molecule has 1 aliphatic carbocycles. The van der Waals surface area contributed by atoms with Gasteiger partial charge in [0, 0.05) is 24.0 Å². The Balaban J connectivity index is 1.73. The molecule has 98 valence electrons. The molecule has 1 atom stereocenters. The Labute approximate surface area is 113 Å². The molecule has 1 aromatic carbocycles. The van der Waals surface area contributed by atoms with E-state index in [1.807, 2.05) is 31.2 Å². The number of rotatable bonds is 6. The van der Waals surface area contributed by atoms with Gasteiger partial charge in [-0.15, -0.1) is 0 Å². The van der Waals surface area contributed by atoms with Crippen molar-refractivity contribution in [3.63, 3.8) is 0 Å². The van der Waals surface area contributed by atoms with E-state index in [9.17, 15) is 4.79 Å². The molecular formula is C14H19ClN2O. The van der Waals surface area contributed by atoms with E-state index in [2.05, 4.69) is 10.6 Å². The lowest BCUT2D eigenvalue weighted by atomic mass is 10.1. The van der Waals surface area contributed by atoms with Gasteiger partial charge in [0.05, 0.1) is 6.04 Å². The zero-order valence-corrected chi connectivity index (χ0v) is 11.3. The van der Waals surface area contributed by atoms with Gasteiger partial charge >= 0.3 is 0 Å². The predicted molar refractivity (Wildman–Crippen MR) is 73.7 cm³/mol. The fourth-order valence-electron chi connectivity index (χ4n) is 1.83. The molecule has 0 unspecified atom stereocenters. The van der Waals surface area contributed by atoms with Crippen LogP contribution in [0.2, 0.25) is 5.02 Å². The maximum atomic E-state index is 11.7. The summed E-state index contributed by atoms with van der Waals surface area (Å²) in [6.45, 7) is 2.75. The first-order chi connectivity index (χ1) is 8.65. The van der Waals surface area contributed by atoms with Crippen LogP contribution in [0.5, 0.6) is 0 Å². The Kier molecular flexibility index (Phi) is 4.61. The van der Waals surface area contributed by atoms with Gasteiger partial charge in [-0.1, -0.05) is 23.7 Å². The van der Waals surface area contributed by atoms with E-state index in [0.29, 0.717) is 17.5 Å². The summed E-state index contributed by atoms with van der Waals surface area (Å²) in [4.78, 5) is 11.7. The Bertz CT molecular complexity index is 401. The maximum absolute atomic E-state index is 11.7. The van der Waals surface area contributed by atoms with E-state index in [4.69, 9.17) is 11.6 Å². The first-order valence-electron chi connectivity index (χ1n) is 6.43. The van der Waals surface area contributed by atoms with Gasteiger partial charge < -0.3 is 10.6 Å². The molecule has 1 saturated carbocycles. The normalized spacial score (nSPS) is 16.3. The molecule has 1 aromatic rings. The highest BCUT2D eigenvalue weighted by Gasteiger charge is 2.20. The van der Waals surface area contributed by atoms with Crippen molar-refractivity contribution in [3.8, 4) is 0 Å². The highest BCUT2D eigenvalue weighted by molar-refractivity contribution is 6.30. The third-order valence-electron chi connectivity index (χ3n) is 3.11. The summed E-state index contributed by atoms with van der Waals surface area (Å²) in [5, 5.41) is 7.03. The van der Waals surface area contributed by atoms with Crippen LogP contribution in [-0.4, -0.2) is 18.5 Å². The van der Waals surface area contributed by atoms with Crippen molar-refractivity contribution in [2.45, 2.75) is 38.3 Å². The zero-order valence-electron chi connectivity index (χ0n) is 10.6. The topological polar surface area (TPSA) is 41.1 Å². The van der Waals surface area contributed by atoms with Crippen LogP contribution in [0, 0.1) is 0 Å². The standard InChI is InChI=1S/C14H19ClN2O/c1-10(11-2-4-12(15)5-3-11)17-14(18)8-9-16-13-6-7-13/h2-5,10,13,16H,6-9H2,1H3,(H,17,18)/t10-/m1/s1. The molecule has 0 radical (unpaired) electrons. The Morgan fingerprint density at radius 1 is 1.39 bits per heavy atom. The molecule has 1 amide bonds. The minimum atomic E-state index is 0.0238. The average Bonchev–Trinajstić information content (AvgIpc) is 3.13. The van der Waals surface area contributed by atoms with Crippen LogP contribution in [-0.2, 0) is 4.79 Å². The summed E-state index contributed by atoms with van der Waals surface area (Å²) in [6.07, 6.45) is 3.04. The molecular weight excluding hydrogens is 248 g/mol. The second-order valence-electron chi connectivity index (χ2n) is 4.82. The highest BCUT2D eigenvalue weighted by atomic mass is 35.5. The number of carbonyl (C=O) groups excluding carboxylic acids is 1. The minimum Gasteiger partial charge on any atom is -0.350 e. The largest absolute Gasteiger partial charge is 0.350 e. The van der Waals surface area contributed by atoms with Crippen LogP contribution in [0.15, 0.2) is 24.3 Å². The van der Waals surface area contributed by atoms with E-state index in [1.54, 1.807) is 0 Å². The molecule has 0 aliphatic heterocycles. The van der Waals surface area contributed by atoms with E-state index >= 15 is 0 Å². The monoisotopic (exact) mass is 266 g/mol. The van der Waals surface area contributed by atoms with E-state index in [1.165, 1.54) is 12.8 Å². The molecule has 0 spiro atoms. The number of hydrogen-bond acceptors (Lipinski definition) is 2. The summed E-state index contributed by atoms with van der Waals surface area (Å²) >= 11 is 5.83. The Morgan fingerprint density at radius 3 is 2.67 bits per heavy atom. The van der Waals surface area contributed by atoms with Gasteiger partial charge in [0.25, 0.3) is 0 Å². The first kappa shape index (κ1) is 13.4. The van der Waals surface area contributed by atoms with Gasteiger partial charge in [-0.05, 0) is 37.5 Å². The van der Waals surface area contributed by atoms with Gasteiger partial charge in [-0.25, -0.2) is 0 Å². The predicted octanol–water partition coefficient (Wildman–Crippen LogP) is 2.66. The lowest BCUT2D eigenvalue weighted by molar-refractivity contribution is -0.121. The van der Waals surface area contributed by atoms with Gasteiger partial charge in [0.15, 0.2) is 0 Å². The third-order valence-corrected chi connectivity index (χ3v) is 3.36. The minimum absolute atomic E-state index is 0.0238. The van der Waals surface area contributed by atoms with Crippen molar-refractivity contribution in [2.24, 2.45) is 0 Å². The smallest absolute Gasteiger partial charge is 0.221 e. The van der Waals surface area contributed by atoms with Crippen LogP contribution in [0.25, 0.3) is 0 Å². The summed E-state index contributed by atoms with van der Waals surface area (Å²) in [5.41, 5.74) is 1.07. The van der Waals surface area contributed by atoms with Crippen LogP contribution >= 0.6 is 11.6 Å². The molecule has 4 heteroatoms. The van der Waals surface area contributed by atoms with Crippen molar-refractivity contribution in [2.75, 3.05) is 6.54 Å². The van der Waals surface area contributed by atoms with E-state index in [-0.39, 0.29) is 11.9 Å². The van der Waals surface area contributed by atoms with Gasteiger partial charge in [-0.2, -0.15) is 0 Å². The van der Waals surface area contributed by atoms with Crippen LogP contribution in [0.1, 0.15) is 37.8 Å². The molecule has 1 fully saturated rings. The third kappa shape index (κ3) is 4.31. The first-order valence-corrected chi connectivity index (χ1v) is 6.81. The van der Waals surface area contributed by atoms with Crippen molar-refractivity contribution in [3.05, 3.63) is 34.9 Å². The Morgan fingerprint density at radius 2 is 2.06 bits per heavy atom. The summed E-state index contributed by atoms with van der Waals surface area (Å²) < 4.78 is 0. The highest BCUT2D eigenvalue weighted by Crippen LogP contribution is 2.18. The van der Waals surface area contributed by atoms with E-state index in [0.717, 1.165) is 12.1 Å². The van der Waals surface area contributed by atoms with Crippen LogP contribution in [0.4, 0.5) is 0 Å². The molecule has 0 heterocycles. The summed E-state index contributed by atoms with van der Waals surface area (Å²) in [7, 11) is 0. The molecule has 0 bridgehead atoms. The molecule has 3 nitrogen and oxygen atoms in total. The molecule has 2 rings (SSSR count). The Hall–Kier alpha value is -1.06. The lowest BCUT2D eigenvalue weighted by Gasteiger charge is -2.14. The molecule has 2 N–H and O–H groups in total. The lowest BCUT2D eigenvalue weighted by Crippen LogP contribution is -2.30. The number of benzene rings is 1. The molecule has 1 aliphatic rings. The second-order valence-corrected chi connectivity index (χ2v) is 5.26.